The highest BCUT2D eigenvalue weighted by molar-refractivity contribution is 9.10. The summed E-state index contributed by atoms with van der Waals surface area (Å²) in [4.78, 5) is 0. The smallest absolute Gasteiger partial charge is 0.166 e. The maximum atomic E-state index is 5.85. The lowest BCUT2D eigenvalue weighted by atomic mass is 10.1. The van der Waals surface area contributed by atoms with Gasteiger partial charge in [-0.2, -0.15) is 0 Å². The van der Waals surface area contributed by atoms with E-state index in [1.165, 1.54) is 5.56 Å². The highest BCUT2D eigenvalue weighted by atomic mass is 79.9. The Labute approximate surface area is 133 Å². The number of hydrogen-bond donors (Lipinski definition) is 1. The Balaban J connectivity index is 1.81. The largest absolute Gasteiger partial charge is 0.490 e. The van der Waals surface area contributed by atoms with Crippen LogP contribution in [0, 0.1) is 6.92 Å². The molecule has 0 saturated carbocycles. The molecule has 21 heavy (non-hydrogen) atoms. The Bertz CT molecular complexity index is 643. The van der Waals surface area contributed by atoms with Gasteiger partial charge in [-0.1, -0.05) is 34.1 Å². The average Bonchev–Trinajstić information content (AvgIpc) is 2.74. The zero-order chi connectivity index (χ0) is 14.7. The van der Waals surface area contributed by atoms with Crippen molar-refractivity contribution in [2.75, 3.05) is 18.5 Å². The predicted octanol–water partition coefficient (Wildman–Crippen LogP) is 4.53. The summed E-state index contributed by atoms with van der Waals surface area (Å²) in [5, 5.41) is 3.48. The van der Waals surface area contributed by atoms with E-state index in [1.54, 1.807) is 0 Å². The standard InChI is InChI=1S/C17H18BrNO2/c1-12-6-7-14(18)10-15(12)19-11-13-4-2-5-16-17(13)21-9-3-8-20-16/h2,4-7,10,19H,3,8-9,11H2,1H3. The summed E-state index contributed by atoms with van der Waals surface area (Å²) < 4.78 is 12.6. The Morgan fingerprint density at radius 1 is 1.14 bits per heavy atom. The molecule has 0 bridgehead atoms. The minimum atomic E-state index is 0.708. The van der Waals surface area contributed by atoms with Gasteiger partial charge in [0.25, 0.3) is 0 Å². The number of aryl methyl sites for hydroxylation is 1. The van der Waals surface area contributed by atoms with Gasteiger partial charge in [-0.3, -0.25) is 0 Å². The highest BCUT2D eigenvalue weighted by Crippen LogP contribution is 2.34. The van der Waals surface area contributed by atoms with Crippen LogP contribution in [-0.4, -0.2) is 13.2 Å². The van der Waals surface area contributed by atoms with E-state index < -0.39 is 0 Å². The fourth-order valence-corrected chi connectivity index (χ4v) is 2.73. The molecule has 3 nitrogen and oxygen atoms in total. The summed E-state index contributed by atoms with van der Waals surface area (Å²) in [6.45, 7) is 4.23. The van der Waals surface area contributed by atoms with E-state index >= 15 is 0 Å². The minimum Gasteiger partial charge on any atom is -0.490 e. The number of rotatable bonds is 3. The molecule has 4 heteroatoms. The maximum absolute atomic E-state index is 5.85. The van der Waals surface area contributed by atoms with E-state index in [2.05, 4.69) is 46.4 Å². The average molecular weight is 348 g/mol. The first kappa shape index (κ1) is 14.3. The highest BCUT2D eigenvalue weighted by Gasteiger charge is 2.14. The lowest BCUT2D eigenvalue weighted by Crippen LogP contribution is -2.04. The van der Waals surface area contributed by atoms with Crippen molar-refractivity contribution in [1.82, 2.24) is 0 Å². The van der Waals surface area contributed by atoms with Gasteiger partial charge >= 0.3 is 0 Å². The van der Waals surface area contributed by atoms with Crippen molar-refractivity contribution in [3.63, 3.8) is 0 Å². The number of halogens is 1. The Hall–Kier alpha value is -1.68. The molecule has 0 fully saturated rings. The van der Waals surface area contributed by atoms with Gasteiger partial charge < -0.3 is 14.8 Å². The van der Waals surface area contributed by atoms with Gasteiger partial charge in [-0.05, 0) is 30.7 Å². The van der Waals surface area contributed by atoms with Crippen LogP contribution < -0.4 is 14.8 Å². The van der Waals surface area contributed by atoms with E-state index in [0.717, 1.165) is 33.6 Å². The number of nitrogens with one attached hydrogen (secondary N) is 1. The molecular weight excluding hydrogens is 330 g/mol. The first-order chi connectivity index (χ1) is 10.2. The first-order valence-corrected chi connectivity index (χ1v) is 7.91. The first-order valence-electron chi connectivity index (χ1n) is 7.11. The fourth-order valence-electron chi connectivity index (χ4n) is 2.37. The number of anilines is 1. The SMILES string of the molecule is Cc1ccc(Br)cc1NCc1cccc2c1OCCCO2. The third kappa shape index (κ3) is 3.32. The van der Waals surface area contributed by atoms with Gasteiger partial charge in [0.2, 0.25) is 0 Å². The summed E-state index contributed by atoms with van der Waals surface area (Å²) in [5.74, 6) is 1.72. The molecular formula is C17H18BrNO2. The molecule has 1 aliphatic heterocycles. The van der Waals surface area contributed by atoms with Crippen molar-refractivity contribution in [1.29, 1.82) is 0 Å². The van der Waals surface area contributed by atoms with Gasteiger partial charge in [-0.15, -0.1) is 0 Å². The predicted molar refractivity (Wildman–Crippen MR) is 88.3 cm³/mol. The van der Waals surface area contributed by atoms with Crippen molar-refractivity contribution in [3.8, 4) is 11.5 Å². The fraction of sp³-hybridized carbons (Fsp3) is 0.294. The lowest BCUT2D eigenvalue weighted by Gasteiger charge is -2.15. The van der Waals surface area contributed by atoms with Crippen LogP contribution in [-0.2, 0) is 6.54 Å². The molecule has 2 aromatic rings. The van der Waals surface area contributed by atoms with Gasteiger partial charge in [0.15, 0.2) is 11.5 Å². The van der Waals surface area contributed by atoms with Crippen molar-refractivity contribution >= 4 is 21.6 Å². The van der Waals surface area contributed by atoms with Crippen LogP contribution in [0.4, 0.5) is 5.69 Å². The van der Waals surface area contributed by atoms with Gasteiger partial charge in [0, 0.05) is 28.7 Å². The Kier molecular flexibility index (Phi) is 4.34. The topological polar surface area (TPSA) is 30.5 Å². The number of hydrogen-bond acceptors (Lipinski definition) is 3. The Morgan fingerprint density at radius 2 is 2.00 bits per heavy atom. The van der Waals surface area contributed by atoms with Crippen molar-refractivity contribution in [2.45, 2.75) is 19.9 Å². The number of para-hydroxylation sites is 1. The quantitative estimate of drug-likeness (QED) is 0.884. The molecule has 3 rings (SSSR count). The van der Waals surface area contributed by atoms with Crippen LogP contribution in [0.25, 0.3) is 0 Å². The van der Waals surface area contributed by atoms with Crippen LogP contribution in [0.3, 0.4) is 0 Å². The minimum absolute atomic E-state index is 0.708. The molecule has 0 amide bonds. The molecule has 1 heterocycles. The van der Waals surface area contributed by atoms with E-state index in [1.807, 2.05) is 18.2 Å². The summed E-state index contributed by atoms with van der Waals surface area (Å²) in [6, 6.07) is 12.3. The molecule has 0 unspecified atom stereocenters. The monoisotopic (exact) mass is 347 g/mol. The van der Waals surface area contributed by atoms with Crippen LogP contribution in [0.15, 0.2) is 40.9 Å². The molecule has 0 aliphatic carbocycles. The normalized spacial score (nSPS) is 13.6. The maximum Gasteiger partial charge on any atom is 0.166 e. The second-order valence-electron chi connectivity index (χ2n) is 5.11. The second-order valence-corrected chi connectivity index (χ2v) is 6.02. The van der Waals surface area contributed by atoms with E-state index in [4.69, 9.17) is 9.47 Å². The summed E-state index contributed by atoms with van der Waals surface area (Å²) in [6.07, 6.45) is 0.923. The van der Waals surface area contributed by atoms with Crippen molar-refractivity contribution < 1.29 is 9.47 Å². The third-order valence-electron chi connectivity index (χ3n) is 3.52. The van der Waals surface area contributed by atoms with E-state index in [0.29, 0.717) is 19.8 Å². The van der Waals surface area contributed by atoms with E-state index in [-0.39, 0.29) is 0 Å². The molecule has 0 radical (unpaired) electrons. The zero-order valence-corrected chi connectivity index (χ0v) is 13.6. The number of benzene rings is 2. The zero-order valence-electron chi connectivity index (χ0n) is 12.0. The molecule has 0 saturated heterocycles. The van der Waals surface area contributed by atoms with Gasteiger partial charge in [-0.25, -0.2) is 0 Å². The molecule has 0 atom stereocenters. The third-order valence-corrected chi connectivity index (χ3v) is 4.02. The van der Waals surface area contributed by atoms with E-state index in [9.17, 15) is 0 Å². The van der Waals surface area contributed by atoms with Crippen LogP contribution in [0.1, 0.15) is 17.5 Å². The summed E-state index contributed by atoms with van der Waals surface area (Å²) in [5.41, 5.74) is 3.46. The molecule has 0 aromatic heterocycles. The number of fused-ring (bicyclic) bond motifs is 1. The molecule has 1 aliphatic rings. The molecule has 110 valence electrons. The molecule has 2 aromatic carbocycles. The second kappa shape index (κ2) is 6.39. The van der Waals surface area contributed by atoms with Gasteiger partial charge in [0.1, 0.15) is 0 Å². The van der Waals surface area contributed by atoms with Crippen molar-refractivity contribution in [2.24, 2.45) is 0 Å². The molecule has 0 spiro atoms. The van der Waals surface area contributed by atoms with Crippen LogP contribution in [0.5, 0.6) is 11.5 Å². The summed E-state index contributed by atoms with van der Waals surface area (Å²) in [7, 11) is 0. The molecule has 1 N–H and O–H groups in total. The Morgan fingerprint density at radius 3 is 2.90 bits per heavy atom. The number of ether oxygens (including phenoxy) is 2. The lowest BCUT2D eigenvalue weighted by molar-refractivity contribution is 0.296. The van der Waals surface area contributed by atoms with Crippen molar-refractivity contribution in [3.05, 3.63) is 52.0 Å². The summed E-state index contributed by atoms with van der Waals surface area (Å²) >= 11 is 3.51. The van der Waals surface area contributed by atoms with Crippen LogP contribution >= 0.6 is 15.9 Å². The van der Waals surface area contributed by atoms with Gasteiger partial charge in [0.05, 0.1) is 13.2 Å². The van der Waals surface area contributed by atoms with Crippen LogP contribution in [0.2, 0.25) is 0 Å².